The summed E-state index contributed by atoms with van der Waals surface area (Å²) in [5.41, 5.74) is 0.930. The van der Waals surface area contributed by atoms with E-state index in [1.807, 2.05) is 6.07 Å². The molecule has 1 rings (SSSR count). The Balaban J connectivity index is 2.89. The van der Waals surface area contributed by atoms with E-state index in [1.54, 1.807) is 12.1 Å². The van der Waals surface area contributed by atoms with Gasteiger partial charge in [0.25, 0.3) is 0 Å². The third-order valence-electron chi connectivity index (χ3n) is 1.34. The van der Waals surface area contributed by atoms with Gasteiger partial charge < -0.3 is 10.2 Å². The molecule has 0 saturated carbocycles. The first-order valence-corrected chi connectivity index (χ1v) is 4.11. The van der Waals surface area contributed by atoms with Gasteiger partial charge in [0.1, 0.15) is 5.75 Å². The van der Waals surface area contributed by atoms with Crippen LogP contribution < -0.4 is 0 Å². The highest BCUT2D eigenvalue weighted by Gasteiger charge is 1.96. The van der Waals surface area contributed by atoms with Crippen LogP contribution >= 0.6 is 15.9 Å². The Morgan fingerprint density at radius 1 is 1.27 bits per heavy atom. The minimum atomic E-state index is 0.107. The molecule has 1 aromatic rings. The topological polar surface area (TPSA) is 40.5 Å². The third-order valence-corrected chi connectivity index (χ3v) is 1.80. The molecule has 0 radical (unpaired) electrons. The van der Waals surface area contributed by atoms with E-state index in [1.165, 1.54) is 0 Å². The molecular weight excluding hydrogens is 208 g/mol. The van der Waals surface area contributed by atoms with Crippen LogP contribution in [0.2, 0.25) is 0 Å². The Labute approximate surface area is 73.6 Å². The maximum atomic E-state index is 9.11. The van der Waals surface area contributed by atoms with Crippen LogP contribution in [0.3, 0.4) is 0 Å². The van der Waals surface area contributed by atoms with Gasteiger partial charge in [0.05, 0.1) is 0 Å². The fraction of sp³-hybridized carbons (Fsp3) is 0.250. The Morgan fingerprint density at radius 2 is 2.00 bits per heavy atom. The van der Waals surface area contributed by atoms with Gasteiger partial charge in [-0.15, -0.1) is 0 Å². The standard InChI is InChI=1S/C8H9BrO2/c9-7-3-6(1-2-10)4-8(11)5-7/h3-5,10-11H,1-2H2. The largest absolute Gasteiger partial charge is 0.508 e. The van der Waals surface area contributed by atoms with Crippen LogP contribution in [-0.2, 0) is 6.42 Å². The van der Waals surface area contributed by atoms with E-state index in [9.17, 15) is 0 Å². The van der Waals surface area contributed by atoms with Crippen molar-refractivity contribution in [3.8, 4) is 5.75 Å². The second kappa shape index (κ2) is 3.74. The molecule has 0 amide bonds. The Bertz CT molecular complexity index is 228. The molecule has 0 fully saturated rings. The number of aliphatic hydroxyl groups excluding tert-OH is 1. The van der Waals surface area contributed by atoms with Crippen LogP contribution in [0.1, 0.15) is 5.56 Å². The fourth-order valence-corrected chi connectivity index (χ4v) is 1.44. The number of halogens is 1. The lowest BCUT2D eigenvalue weighted by Crippen LogP contribution is -1.89. The summed E-state index contributed by atoms with van der Waals surface area (Å²) in [4.78, 5) is 0. The van der Waals surface area contributed by atoms with Crippen molar-refractivity contribution in [2.75, 3.05) is 6.61 Å². The summed E-state index contributed by atoms with van der Waals surface area (Å²) >= 11 is 3.24. The van der Waals surface area contributed by atoms with Gasteiger partial charge in [-0.3, -0.25) is 0 Å². The van der Waals surface area contributed by atoms with E-state index in [0.29, 0.717) is 6.42 Å². The molecule has 2 nitrogen and oxygen atoms in total. The lowest BCUT2D eigenvalue weighted by molar-refractivity contribution is 0.299. The lowest BCUT2D eigenvalue weighted by atomic mass is 10.1. The van der Waals surface area contributed by atoms with Crippen LogP contribution in [0.15, 0.2) is 22.7 Å². The predicted molar refractivity (Wildman–Crippen MR) is 46.6 cm³/mol. The molecule has 0 bridgehead atoms. The molecule has 0 aromatic heterocycles. The number of aliphatic hydroxyl groups is 1. The summed E-state index contributed by atoms with van der Waals surface area (Å²) in [6.45, 7) is 0.107. The van der Waals surface area contributed by atoms with E-state index in [0.717, 1.165) is 10.0 Å². The molecule has 2 N–H and O–H groups in total. The second-order valence-electron chi connectivity index (χ2n) is 2.29. The van der Waals surface area contributed by atoms with Crippen molar-refractivity contribution >= 4 is 15.9 Å². The van der Waals surface area contributed by atoms with Crippen molar-refractivity contribution < 1.29 is 10.2 Å². The number of aromatic hydroxyl groups is 1. The minimum absolute atomic E-state index is 0.107. The Kier molecular flexibility index (Phi) is 2.91. The summed E-state index contributed by atoms with van der Waals surface area (Å²) in [7, 11) is 0. The van der Waals surface area contributed by atoms with Crippen LogP contribution in [0.25, 0.3) is 0 Å². The van der Waals surface area contributed by atoms with Crippen molar-refractivity contribution in [2.24, 2.45) is 0 Å². The number of benzene rings is 1. The molecule has 11 heavy (non-hydrogen) atoms. The van der Waals surface area contributed by atoms with Gasteiger partial charge in [-0.1, -0.05) is 15.9 Å². The highest BCUT2D eigenvalue weighted by Crippen LogP contribution is 2.20. The van der Waals surface area contributed by atoms with Crippen LogP contribution in [0, 0.1) is 0 Å². The molecule has 1 aromatic carbocycles. The van der Waals surface area contributed by atoms with Crippen molar-refractivity contribution in [3.63, 3.8) is 0 Å². The second-order valence-corrected chi connectivity index (χ2v) is 3.21. The highest BCUT2D eigenvalue weighted by atomic mass is 79.9. The first-order chi connectivity index (χ1) is 5.22. The minimum Gasteiger partial charge on any atom is -0.508 e. The van der Waals surface area contributed by atoms with Gasteiger partial charge in [0, 0.05) is 11.1 Å². The molecule has 0 heterocycles. The van der Waals surface area contributed by atoms with E-state index < -0.39 is 0 Å². The molecule has 0 aliphatic rings. The van der Waals surface area contributed by atoms with E-state index >= 15 is 0 Å². The van der Waals surface area contributed by atoms with Gasteiger partial charge in [0.2, 0.25) is 0 Å². The van der Waals surface area contributed by atoms with Crippen molar-refractivity contribution in [2.45, 2.75) is 6.42 Å². The average molecular weight is 217 g/mol. The summed E-state index contributed by atoms with van der Waals surface area (Å²) < 4.78 is 0.834. The first kappa shape index (κ1) is 8.56. The van der Waals surface area contributed by atoms with Gasteiger partial charge in [-0.05, 0) is 30.2 Å². The van der Waals surface area contributed by atoms with Crippen LogP contribution in [0.5, 0.6) is 5.75 Å². The molecule has 0 spiro atoms. The van der Waals surface area contributed by atoms with Crippen LogP contribution in [0.4, 0.5) is 0 Å². The summed E-state index contributed by atoms with van der Waals surface area (Å²) in [5, 5.41) is 17.7. The first-order valence-electron chi connectivity index (χ1n) is 3.31. The average Bonchev–Trinajstić information content (AvgIpc) is 1.85. The maximum Gasteiger partial charge on any atom is 0.116 e. The predicted octanol–water partition coefficient (Wildman–Crippen LogP) is 1.69. The molecule has 60 valence electrons. The Hall–Kier alpha value is -0.540. The molecule has 3 heteroatoms. The number of rotatable bonds is 2. The van der Waals surface area contributed by atoms with Crippen molar-refractivity contribution in [3.05, 3.63) is 28.2 Å². The monoisotopic (exact) mass is 216 g/mol. The lowest BCUT2D eigenvalue weighted by Gasteiger charge is -1.99. The zero-order valence-electron chi connectivity index (χ0n) is 5.92. The zero-order chi connectivity index (χ0) is 8.27. The summed E-state index contributed by atoms with van der Waals surface area (Å²) in [6.07, 6.45) is 0.576. The van der Waals surface area contributed by atoms with Gasteiger partial charge in [-0.25, -0.2) is 0 Å². The summed E-state index contributed by atoms with van der Waals surface area (Å²) in [5.74, 6) is 0.225. The highest BCUT2D eigenvalue weighted by molar-refractivity contribution is 9.10. The third kappa shape index (κ3) is 2.52. The normalized spacial score (nSPS) is 10.0. The summed E-state index contributed by atoms with van der Waals surface area (Å²) in [6, 6.07) is 5.12. The molecule has 0 saturated heterocycles. The smallest absolute Gasteiger partial charge is 0.116 e. The molecular formula is C8H9BrO2. The molecule has 0 atom stereocenters. The number of hydrogen-bond donors (Lipinski definition) is 2. The van der Waals surface area contributed by atoms with Gasteiger partial charge >= 0.3 is 0 Å². The molecule has 0 aliphatic heterocycles. The fourth-order valence-electron chi connectivity index (χ4n) is 0.907. The van der Waals surface area contributed by atoms with Gasteiger partial charge in [-0.2, -0.15) is 0 Å². The van der Waals surface area contributed by atoms with Crippen molar-refractivity contribution in [1.82, 2.24) is 0 Å². The van der Waals surface area contributed by atoms with E-state index in [-0.39, 0.29) is 12.4 Å². The SMILES string of the molecule is OCCc1cc(O)cc(Br)c1. The molecule has 0 unspecified atom stereocenters. The quantitative estimate of drug-likeness (QED) is 0.791. The number of phenols is 1. The molecule has 0 aliphatic carbocycles. The zero-order valence-corrected chi connectivity index (χ0v) is 7.50. The Morgan fingerprint density at radius 3 is 2.55 bits per heavy atom. The number of hydrogen-bond acceptors (Lipinski definition) is 2. The van der Waals surface area contributed by atoms with E-state index in [4.69, 9.17) is 10.2 Å². The van der Waals surface area contributed by atoms with Crippen LogP contribution in [-0.4, -0.2) is 16.8 Å². The van der Waals surface area contributed by atoms with Crippen molar-refractivity contribution in [1.29, 1.82) is 0 Å². The van der Waals surface area contributed by atoms with E-state index in [2.05, 4.69) is 15.9 Å². The van der Waals surface area contributed by atoms with Gasteiger partial charge in [0.15, 0.2) is 0 Å². The number of phenolic OH excluding ortho intramolecular Hbond substituents is 1. The maximum absolute atomic E-state index is 9.11.